The van der Waals surface area contributed by atoms with Gasteiger partial charge < -0.3 is 15.5 Å². The summed E-state index contributed by atoms with van der Waals surface area (Å²) in [5.41, 5.74) is 5.94. The number of hydrogen-bond acceptors (Lipinski definition) is 3. The number of halogens is 1. The second kappa shape index (κ2) is 11.7. The van der Waals surface area contributed by atoms with Gasteiger partial charge in [0.15, 0.2) is 6.67 Å². The molecule has 196 valence electrons. The molecule has 1 heterocycles. The standard InChI is InChI=1S/C32H28FN3O3/c33-18-29(37)34-19-22-14-16-23(17-15-22)20-35-31(38)30-27-12-6-7-13-28(27)32(39)36(30)21-25-10-4-5-11-26(25)24-8-2-1-3-9-24/h1-17,30H,18-21H2,(H,34,37)(H,35,38). The number of amides is 3. The number of carbonyl (C=O) groups excluding carboxylic acids is 3. The van der Waals surface area contributed by atoms with E-state index in [1.807, 2.05) is 97.1 Å². The van der Waals surface area contributed by atoms with E-state index >= 15 is 0 Å². The number of alkyl halides is 1. The SMILES string of the molecule is O=C(CF)NCc1ccc(CNC(=O)C2c3ccccc3C(=O)N2Cc2ccccc2-c2ccccc2)cc1. The van der Waals surface area contributed by atoms with Gasteiger partial charge in [0.1, 0.15) is 6.04 Å². The van der Waals surface area contributed by atoms with Gasteiger partial charge in [0.05, 0.1) is 0 Å². The van der Waals surface area contributed by atoms with Crippen molar-refractivity contribution in [1.29, 1.82) is 0 Å². The van der Waals surface area contributed by atoms with Crippen molar-refractivity contribution in [2.75, 3.05) is 6.67 Å². The summed E-state index contributed by atoms with van der Waals surface area (Å²) in [4.78, 5) is 39.8. The van der Waals surface area contributed by atoms with Crippen LogP contribution in [0.1, 0.15) is 38.7 Å². The maximum atomic E-state index is 13.6. The molecule has 0 bridgehead atoms. The van der Waals surface area contributed by atoms with Crippen molar-refractivity contribution in [3.63, 3.8) is 0 Å². The van der Waals surface area contributed by atoms with Gasteiger partial charge in [-0.05, 0) is 39.4 Å². The Hall–Kier alpha value is -4.78. The van der Waals surface area contributed by atoms with Gasteiger partial charge in [-0.2, -0.15) is 0 Å². The van der Waals surface area contributed by atoms with Crippen molar-refractivity contribution >= 4 is 17.7 Å². The zero-order valence-corrected chi connectivity index (χ0v) is 21.3. The van der Waals surface area contributed by atoms with Crippen LogP contribution in [0.3, 0.4) is 0 Å². The minimum absolute atomic E-state index is 0.173. The van der Waals surface area contributed by atoms with Gasteiger partial charge >= 0.3 is 0 Å². The van der Waals surface area contributed by atoms with Gasteiger partial charge in [-0.15, -0.1) is 0 Å². The second-order valence-corrected chi connectivity index (χ2v) is 9.39. The van der Waals surface area contributed by atoms with Crippen LogP contribution in [0.4, 0.5) is 4.39 Å². The summed E-state index contributed by atoms with van der Waals surface area (Å²) in [5.74, 6) is -1.09. The molecule has 0 aliphatic carbocycles. The molecule has 2 N–H and O–H groups in total. The molecule has 39 heavy (non-hydrogen) atoms. The summed E-state index contributed by atoms with van der Waals surface area (Å²) in [6.45, 7) is -0.255. The molecule has 4 aromatic rings. The molecule has 6 nitrogen and oxygen atoms in total. The Morgan fingerprint density at radius 1 is 0.718 bits per heavy atom. The molecular weight excluding hydrogens is 493 g/mol. The number of nitrogens with zero attached hydrogens (tertiary/aromatic N) is 1. The normalized spacial score (nSPS) is 14.1. The van der Waals surface area contributed by atoms with Crippen molar-refractivity contribution in [2.24, 2.45) is 0 Å². The molecule has 0 radical (unpaired) electrons. The van der Waals surface area contributed by atoms with Crippen LogP contribution >= 0.6 is 0 Å². The van der Waals surface area contributed by atoms with E-state index < -0.39 is 18.6 Å². The van der Waals surface area contributed by atoms with E-state index in [9.17, 15) is 18.8 Å². The monoisotopic (exact) mass is 521 g/mol. The Morgan fingerprint density at radius 3 is 2.00 bits per heavy atom. The molecule has 5 rings (SSSR count). The van der Waals surface area contributed by atoms with Gasteiger partial charge in [-0.1, -0.05) is 97.1 Å². The topological polar surface area (TPSA) is 78.5 Å². The molecule has 0 saturated heterocycles. The highest BCUT2D eigenvalue weighted by atomic mass is 19.1. The lowest BCUT2D eigenvalue weighted by molar-refractivity contribution is -0.126. The molecule has 1 aliphatic heterocycles. The van der Waals surface area contributed by atoms with E-state index in [-0.39, 0.29) is 31.4 Å². The van der Waals surface area contributed by atoms with E-state index in [4.69, 9.17) is 0 Å². The number of nitrogens with one attached hydrogen (secondary N) is 2. The molecule has 0 saturated carbocycles. The van der Waals surface area contributed by atoms with E-state index in [2.05, 4.69) is 10.6 Å². The van der Waals surface area contributed by atoms with Crippen LogP contribution in [0.5, 0.6) is 0 Å². The van der Waals surface area contributed by atoms with Crippen LogP contribution < -0.4 is 10.6 Å². The van der Waals surface area contributed by atoms with Gasteiger partial charge in [-0.3, -0.25) is 14.4 Å². The van der Waals surface area contributed by atoms with Crippen molar-refractivity contribution < 1.29 is 18.8 Å². The predicted octanol–water partition coefficient (Wildman–Crippen LogP) is 4.95. The van der Waals surface area contributed by atoms with Gasteiger partial charge in [-0.25, -0.2) is 4.39 Å². The van der Waals surface area contributed by atoms with E-state index in [1.54, 1.807) is 11.0 Å². The van der Waals surface area contributed by atoms with Gasteiger partial charge in [0, 0.05) is 25.2 Å². The van der Waals surface area contributed by atoms with E-state index in [1.165, 1.54) is 0 Å². The molecule has 0 aromatic heterocycles. The Balaban J connectivity index is 1.34. The summed E-state index contributed by atoms with van der Waals surface area (Å²) in [7, 11) is 0. The highest BCUT2D eigenvalue weighted by Gasteiger charge is 2.41. The van der Waals surface area contributed by atoms with Crippen molar-refractivity contribution in [3.05, 3.63) is 131 Å². The number of rotatable bonds is 9. The van der Waals surface area contributed by atoms with Crippen LogP contribution in [0, 0.1) is 0 Å². The predicted molar refractivity (Wildman–Crippen MR) is 147 cm³/mol. The lowest BCUT2D eigenvalue weighted by Gasteiger charge is -2.26. The molecule has 1 unspecified atom stereocenters. The van der Waals surface area contributed by atoms with Gasteiger partial charge in [0.25, 0.3) is 11.8 Å². The quantitative estimate of drug-likeness (QED) is 0.327. The third-order valence-electron chi connectivity index (χ3n) is 6.85. The van der Waals surface area contributed by atoms with Crippen molar-refractivity contribution in [1.82, 2.24) is 15.5 Å². The average molecular weight is 522 g/mol. The van der Waals surface area contributed by atoms with Crippen LogP contribution in [-0.4, -0.2) is 29.3 Å². The summed E-state index contributed by atoms with van der Waals surface area (Å²) in [6.07, 6.45) is 0. The molecule has 1 atom stereocenters. The highest BCUT2D eigenvalue weighted by molar-refractivity contribution is 6.04. The first-order valence-electron chi connectivity index (χ1n) is 12.8. The average Bonchev–Trinajstić information content (AvgIpc) is 3.27. The minimum Gasteiger partial charge on any atom is -0.350 e. The highest BCUT2D eigenvalue weighted by Crippen LogP contribution is 2.36. The fourth-order valence-corrected chi connectivity index (χ4v) is 4.87. The van der Waals surface area contributed by atoms with Crippen LogP contribution in [-0.2, 0) is 29.2 Å². The fourth-order valence-electron chi connectivity index (χ4n) is 4.87. The largest absolute Gasteiger partial charge is 0.350 e. The Bertz CT molecular complexity index is 1490. The fraction of sp³-hybridized carbons (Fsp3) is 0.156. The zero-order valence-electron chi connectivity index (χ0n) is 21.3. The molecule has 7 heteroatoms. The molecule has 1 aliphatic rings. The molecular formula is C32H28FN3O3. The molecule has 0 fully saturated rings. The molecule has 0 spiro atoms. The first kappa shape index (κ1) is 25.9. The Labute approximate surface area is 226 Å². The summed E-state index contributed by atoms with van der Waals surface area (Å²) in [6, 6.07) is 31.7. The molecule has 4 aromatic carbocycles. The first-order chi connectivity index (χ1) is 19.0. The number of carbonyl (C=O) groups is 3. The lowest BCUT2D eigenvalue weighted by Crippen LogP contribution is -2.38. The van der Waals surface area contributed by atoms with E-state index in [0.29, 0.717) is 11.1 Å². The van der Waals surface area contributed by atoms with Crippen molar-refractivity contribution in [2.45, 2.75) is 25.7 Å². The maximum absolute atomic E-state index is 13.6. The van der Waals surface area contributed by atoms with Crippen LogP contribution in [0.2, 0.25) is 0 Å². The van der Waals surface area contributed by atoms with Crippen LogP contribution in [0.15, 0.2) is 103 Å². The number of benzene rings is 4. The lowest BCUT2D eigenvalue weighted by atomic mass is 9.99. The Kier molecular flexibility index (Phi) is 7.78. The summed E-state index contributed by atoms with van der Waals surface area (Å²) >= 11 is 0. The second-order valence-electron chi connectivity index (χ2n) is 9.39. The van der Waals surface area contributed by atoms with Crippen LogP contribution in [0.25, 0.3) is 11.1 Å². The summed E-state index contributed by atoms with van der Waals surface area (Å²) in [5, 5.41) is 5.48. The third-order valence-corrected chi connectivity index (χ3v) is 6.85. The maximum Gasteiger partial charge on any atom is 0.255 e. The van der Waals surface area contributed by atoms with Crippen molar-refractivity contribution in [3.8, 4) is 11.1 Å². The molecule has 3 amide bonds. The summed E-state index contributed by atoms with van der Waals surface area (Å²) < 4.78 is 12.3. The van der Waals surface area contributed by atoms with E-state index in [0.717, 1.165) is 27.8 Å². The smallest absolute Gasteiger partial charge is 0.255 e. The Morgan fingerprint density at radius 2 is 1.31 bits per heavy atom. The number of hydrogen-bond donors (Lipinski definition) is 2. The third kappa shape index (κ3) is 5.72. The first-order valence-corrected chi connectivity index (χ1v) is 12.8. The van der Waals surface area contributed by atoms with Gasteiger partial charge in [0.2, 0.25) is 5.91 Å². The zero-order chi connectivity index (χ0) is 27.2. The minimum atomic E-state index is -1.05. The number of fused-ring (bicyclic) bond motifs is 1.